The lowest BCUT2D eigenvalue weighted by Gasteiger charge is -2.22. The van der Waals surface area contributed by atoms with Crippen LogP contribution in [0.1, 0.15) is 27.2 Å². The third-order valence-electron chi connectivity index (χ3n) is 3.98. The van der Waals surface area contributed by atoms with Gasteiger partial charge in [-0.25, -0.2) is 13.6 Å². The summed E-state index contributed by atoms with van der Waals surface area (Å²) in [6.45, 7) is 6.66. The molecule has 1 aromatic heterocycles. The van der Waals surface area contributed by atoms with Crippen molar-refractivity contribution in [2.24, 2.45) is 4.99 Å². The third-order valence-corrected chi connectivity index (χ3v) is 5.03. The van der Waals surface area contributed by atoms with Crippen molar-refractivity contribution < 1.29 is 18.3 Å². The highest BCUT2D eigenvalue weighted by atomic mass is 32.1. The molecule has 0 saturated heterocycles. The van der Waals surface area contributed by atoms with Crippen molar-refractivity contribution in [2.45, 2.75) is 39.3 Å². The molecule has 0 fully saturated rings. The molecule has 0 saturated carbocycles. The Morgan fingerprint density at radius 1 is 1.38 bits per heavy atom. The first-order valence-electron chi connectivity index (χ1n) is 8.27. The fourth-order valence-electron chi connectivity index (χ4n) is 2.12. The SMILES string of the molecule is CCC(C)(C)NC(=O)/N=c1\sc(-c2ccc(F)cc2F)cn1CCOC. The largest absolute Gasteiger partial charge is 0.383 e. The van der Waals surface area contributed by atoms with Gasteiger partial charge in [0, 0.05) is 37.0 Å². The molecular formula is C18H23F2N3O2S. The van der Waals surface area contributed by atoms with Crippen LogP contribution in [0.25, 0.3) is 10.4 Å². The van der Waals surface area contributed by atoms with Crippen molar-refractivity contribution >= 4 is 17.4 Å². The number of amides is 2. The van der Waals surface area contributed by atoms with Crippen LogP contribution in [0.15, 0.2) is 29.4 Å². The van der Waals surface area contributed by atoms with Gasteiger partial charge in [0.25, 0.3) is 0 Å². The average molecular weight is 383 g/mol. The molecular weight excluding hydrogens is 360 g/mol. The van der Waals surface area contributed by atoms with Gasteiger partial charge in [0.2, 0.25) is 0 Å². The van der Waals surface area contributed by atoms with Crippen molar-refractivity contribution in [3.63, 3.8) is 0 Å². The minimum atomic E-state index is -0.659. The number of thiazole rings is 1. The van der Waals surface area contributed by atoms with Crippen molar-refractivity contribution in [2.75, 3.05) is 13.7 Å². The molecule has 1 N–H and O–H groups in total. The zero-order chi connectivity index (χ0) is 19.3. The van der Waals surface area contributed by atoms with Gasteiger partial charge in [-0.3, -0.25) is 0 Å². The molecule has 0 spiro atoms. The molecule has 2 amide bonds. The molecule has 1 heterocycles. The third kappa shape index (κ3) is 5.22. The summed E-state index contributed by atoms with van der Waals surface area (Å²) in [6.07, 6.45) is 2.45. The van der Waals surface area contributed by atoms with E-state index in [9.17, 15) is 13.6 Å². The van der Waals surface area contributed by atoms with Gasteiger partial charge in [0.15, 0.2) is 4.80 Å². The standard InChI is InChI=1S/C18H23F2N3O2S/c1-5-18(2,3)22-16(24)21-17-23(8-9-25-4)11-15(26-17)13-7-6-12(19)10-14(13)20/h6-7,10-11H,5,8-9H2,1-4H3,(H,22,24)/b21-17-. The van der Waals surface area contributed by atoms with Crippen LogP contribution in [0.5, 0.6) is 0 Å². The summed E-state index contributed by atoms with van der Waals surface area (Å²) in [5, 5.41) is 2.84. The summed E-state index contributed by atoms with van der Waals surface area (Å²) in [5.74, 6) is -1.30. The number of rotatable bonds is 6. The van der Waals surface area contributed by atoms with Crippen molar-refractivity contribution in [3.8, 4) is 10.4 Å². The van der Waals surface area contributed by atoms with Crippen LogP contribution < -0.4 is 10.1 Å². The van der Waals surface area contributed by atoms with Crippen LogP contribution in [0.3, 0.4) is 0 Å². The maximum atomic E-state index is 14.1. The number of ether oxygens (including phenoxy) is 1. The van der Waals surface area contributed by atoms with E-state index in [0.29, 0.717) is 22.8 Å². The Balaban J connectivity index is 2.42. The lowest BCUT2D eigenvalue weighted by Crippen LogP contribution is -2.42. The summed E-state index contributed by atoms with van der Waals surface area (Å²) >= 11 is 1.16. The molecule has 142 valence electrons. The highest BCUT2D eigenvalue weighted by Crippen LogP contribution is 2.25. The molecule has 0 bridgehead atoms. The smallest absolute Gasteiger partial charge is 0.344 e. The molecule has 26 heavy (non-hydrogen) atoms. The van der Waals surface area contributed by atoms with Crippen LogP contribution >= 0.6 is 11.3 Å². The Bertz CT molecular complexity index is 843. The highest BCUT2D eigenvalue weighted by Gasteiger charge is 2.18. The Morgan fingerprint density at radius 3 is 2.73 bits per heavy atom. The van der Waals surface area contributed by atoms with E-state index < -0.39 is 17.7 Å². The quantitative estimate of drug-likeness (QED) is 0.821. The minimum Gasteiger partial charge on any atom is -0.383 e. The molecule has 8 heteroatoms. The second-order valence-electron chi connectivity index (χ2n) is 6.47. The van der Waals surface area contributed by atoms with Gasteiger partial charge in [-0.05, 0) is 32.4 Å². The first-order valence-corrected chi connectivity index (χ1v) is 9.09. The van der Waals surface area contributed by atoms with Crippen molar-refractivity contribution in [3.05, 3.63) is 40.8 Å². The normalized spacial score (nSPS) is 12.5. The topological polar surface area (TPSA) is 55.6 Å². The van der Waals surface area contributed by atoms with Gasteiger partial charge in [-0.2, -0.15) is 4.99 Å². The van der Waals surface area contributed by atoms with E-state index in [0.717, 1.165) is 23.8 Å². The van der Waals surface area contributed by atoms with E-state index in [2.05, 4.69) is 10.3 Å². The Hall–Kier alpha value is -2.06. The van der Waals surface area contributed by atoms with Crippen LogP contribution in [0, 0.1) is 11.6 Å². The van der Waals surface area contributed by atoms with Gasteiger partial charge in [-0.15, -0.1) is 0 Å². The number of urea groups is 1. The monoisotopic (exact) mass is 383 g/mol. The van der Waals surface area contributed by atoms with Gasteiger partial charge >= 0.3 is 6.03 Å². The van der Waals surface area contributed by atoms with E-state index in [-0.39, 0.29) is 11.1 Å². The van der Waals surface area contributed by atoms with Crippen LogP contribution in [-0.2, 0) is 11.3 Å². The molecule has 0 unspecified atom stereocenters. The number of carbonyl (C=O) groups is 1. The van der Waals surface area contributed by atoms with Gasteiger partial charge in [0.1, 0.15) is 11.6 Å². The lowest BCUT2D eigenvalue weighted by molar-refractivity contribution is 0.186. The molecule has 0 aliphatic rings. The average Bonchev–Trinajstić information content (AvgIpc) is 2.94. The summed E-state index contributed by atoms with van der Waals surface area (Å²) in [5.41, 5.74) is -0.112. The first-order chi connectivity index (χ1) is 12.3. The number of aromatic nitrogens is 1. The van der Waals surface area contributed by atoms with E-state index in [1.54, 1.807) is 17.9 Å². The number of hydrogen-bond acceptors (Lipinski definition) is 3. The molecule has 0 atom stereocenters. The minimum absolute atomic E-state index is 0.262. The molecule has 0 radical (unpaired) electrons. The Kier molecular flexibility index (Phi) is 6.66. The fraction of sp³-hybridized carbons (Fsp3) is 0.444. The Morgan fingerprint density at radius 2 is 2.12 bits per heavy atom. The summed E-state index contributed by atoms with van der Waals surface area (Å²) in [7, 11) is 1.57. The maximum Gasteiger partial charge on any atom is 0.344 e. The molecule has 0 aliphatic heterocycles. The second kappa shape index (κ2) is 8.55. The Labute approximate surface area is 155 Å². The van der Waals surface area contributed by atoms with E-state index in [4.69, 9.17) is 4.74 Å². The van der Waals surface area contributed by atoms with Crippen LogP contribution in [-0.4, -0.2) is 29.9 Å². The number of nitrogens with zero attached hydrogens (tertiary/aromatic N) is 2. The number of methoxy groups -OCH3 is 1. The van der Waals surface area contributed by atoms with Crippen molar-refractivity contribution in [1.29, 1.82) is 0 Å². The summed E-state index contributed by atoms with van der Waals surface area (Å²) in [4.78, 5) is 17.3. The zero-order valence-corrected chi connectivity index (χ0v) is 16.1. The number of nitrogens with one attached hydrogen (secondary N) is 1. The predicted molar refractivity (Wildman–Crippen MR) is 98.0 cm³/mol. The molecule has 2 rings (SSSR count). The zero-order valence-electron chi connectivity index (χ0n) is 15.3. The number of halogens is 2. The molecule has 0 aliphatic carbocycles. The van der Waals surface area contributed by atoms with Gasteiger partial charge < -0.3 is 14.6 Å². The van der Waals surface area contributed by atoms with E-state index >= 15 is 0 Å². The van der Waals surface area contributed by atoms with Crippen molar-refractivity contribution in [1.82, 2.24) is 9.88 Å². The van der Waals surface area contributed by atoms with E-state index in [1.165, 1.54) is 12.1 Å². The highest BCUT2D eigenvalue weighted by molar-refractivity contribution is 7.12. The number of carbonyl (C=O) groups excluding carboxylic acids is 1. The number of benzene rings is 1. The van der Waals surface area contributed by atoms with Crippen LogP contribution in [0.4, 0.5) is 13.6 Å². The predicted octanol–water partition coefficient (Wildman–Crippen LogP) is 3.94. The first kappa shape index (κ1) is 20.3. The lowest BCUT2D eigenvalue weighted by atomic mass is 10.0. The molecule has 2 aromatic rings. The van der Waals surface area contributed by atoms with Gasteiger partial charge in [-0.1, -0.05) is 18.3 Å². The molecule has 5 nitrogen and oxygen atoms in total. The number of hydrogen-bond donors (Lipinski definition) is 1. The second-order valence-corrected chi connectivity index (χ2v) is 7.48. The maximum absolute atomic E-state index is 14.1. The summed E-state index contributed by atoms with van der Waals surface area (Å²) < 4.78 is 34.0. The van der Waals surface area contributed by atoms with Crippen LogP contribution in [0.2, 0.25) is 0 Å². The molecule has 1 aromatic carbocycles. The summed E-state index contributed by atoms with van der Waals surface area (Å²) in [6, 6.07) is 2.95. The van der Waals surface area contributed by atoms with E-state index in [1.807, 2.05) is 20.8 Å². The fourth-order valence-corrected chi connectivity index (χ4v) is 3.17. The van der Waals surface area contributed by atoms with Gasteiger partial charge in [0.05, 0.1) is 11.5 Å².